The second-order valence-electron chi connectivity index (χ2n) is 3.42. The van der Waals surface area contributed by atoms with Gasteiger partial charge in [0.05, 0.1) is 0 Å². The summed E-state index contributed by atoms with van der Waals surface area (Å²) in [6.07, 6.45) is 3.31. The first-order valence-corrected chi connectivity index (χ1v) is 5.08. The van der Waals surface area contributed by atoms with Crippen molar-refractivity contribution in [2.24, 2.45) is 5.73 Å². The average molecular weight is 226 g/mol. The van der Waals surface area contributed by atoms with Crippen molar-refractivity contribution in [3.05, 3.63) is 33.8 Å². The van der Waals surface area contributed by atoms with Gasteiger partial charge in [-0.05, 0) is 42.5 Å². The Morgan fingerprint density at radius 1 is 1.33 bits per heavy atom. The van der Waals surface area contributed by atoms with Crippen molar-refractivity contribution in [3.8, 4) is 0 Å². The number of rotatable bonds is 0. The van der Waals surface area contributed by atoms with Gasteiger partial charge >= 0.3 is 0 Å². The zero-order valence-electron chi connectivity index (χ0n) is 6.89. The van der Waals surface area contributed by atoms with Gasteiger partial charge in [-0.15, -0.1) is 0 Å². The smallest absolute Gasteiger partial charge is 0.0178 e. The lowest BCUT2D eigenvalue weighted by Crippen LogP contribution is -2.27. The van der Waals surface area contributed by atoms with Crippen molar-refractivity contribution in [1.82, 2.24) is 0 Å². The molecular formula is C10H12BrN. The first-order valence-electron chi connectivity index (χ1n) is 4.28. The number of hydrogen-bond donors (Lipinski definition) is 1. The van der Waals surface area contributed by atoms with Crippen LogP contribution in [0.25, 0.3) is 0 Å². The summed E-state index contributed by atoms with van der Waals surface area (Å²) in [5.41, 5.74) is 8.78. The molecule has 0 bridgehead atoms. The zero-order valence-corrected chi connectivity index (χ0v) is 8.47. The number of hydrogen-bond acceptors (Lipinski definition) is 1. The molecule has 1 nitrogen and oxygen atoms in total. The third-order valence-electron chi connectivity index (χ3n) is 2.43. The summed E-state index contributed by atoms with van der Waals surface area (Å²) in [6, 6.07) is 6.86. The molecule has 64 valence electrons. The maximum absolute atomic E-state index is 5.88. The van der Waals surface area contributed by atoms with E-state index in [-0.39, 0.29) is 0 Å². The molecule has 0 unspecified atom stereocenters. The third-order valence-corrected chi connectivity index (χ3v) is 2.93. The van der Waals surface area contributed by atoms with E-state index in [0.717, 1.165) is 23.7 Å². The second kappa shape index (κ2) is 3.19. The molecule has 1 aromatic carbocycles. The lowest BCUT2D eigenvalue weighted by molar-refractivity contribution is 0.576. The van der Waals surface area contributed by atoms with E-state index in [1.807, 2.05) is 0 Å². The molecule has 1 aliphatic rings. The quantitative estimate of drug-likeness (QED) is 0.721. The van der Waals surface area contributed by atoms with E-state index in [9.17, 15) is 0 Å². The highest BCUT2D eigenvalue weighted by Gasteiger charge is 2.14. The molecule has 0 aliphatic heterocycles. The van der Waals surface area contributed by atoms with Gasteiger partial charge in [0.2, 0.25) is 0 Å². The predicted molar refractivity (Wildman–Crippen MR) is 54.1 cm³/mol. The molecule has 0 radical (unpaired) electrons. The molecule has 2 rings (SSSR count). The molecule has 12 heavy (non-hydrogen) atoms. The van der Waals surface area contributed by atoms with Crippen LogP contribution in [0.5, 0.6) is 0 Å². The molecule has 1 aromatic rings. The van der Waals surface area contributed by atoms with Crippen molar-refractivity contribution in [1.29, 1.82) is 0 Å². The normalized spacial score (nSPS) is 22.0. The summed E-state index contributed by atoms with van der Waals surface area (Å²) in [7, 11) is 0. The Hall–Kier alpha value is -0.340. The lowest BCUT2D eigenvalue weighted by atomic mass is 9.89. The minimum Gasteiger partial charge on any atom is -0.327 e. The van der Waals surface area contributed by atoms with Crippen LogP contribution in [0.1, 0.15) is 17.5 Å². The minimum atomic E-state index is 0.367. The fourth-order valence-electron chi connectivity index (χ4n) is 1.75. The van der Waals surface area contributed by atoms with Crippen LogP contribution >= 0.6 is 15.9 Å². The molecule has 0 fully saturated rings. The van der Waals surface area contributed by atoms with Gasteiger partial charge < -0.3 is 5.73 Å². The van der Waals surface area contributed by atoms with Gasteiger partial charge in [-0.2, -0.15) is 0 Å². The van der Waals surface area contributed by atoms with Crippen LogP contribution in [0.15, 0.2) is 22.7 Å². The summed E-state index contributed by atoms with van der Waals surface area (Å²) in [5.74, 6) is 0. The maximum atomic E-state index is 5.88. The van der Waals surface area contributed by atoms with E-state index in [4.69, 9.17) is 5.73 Å². The van der Waals surface area contributed by atoms with Crippen LogP contribution in [0.4, 0.5) is 0 Å². The van der Waals surface area contributed by atoms with E-state index in [1.54, 1.807) is 0 Å². The summed E-state index contributed by atoms with van der Waals surface area (Å²) >= 11 is 3.47. The van der Waals surface area contributed by atoms with Crippen molar-refractivity contribution in [3.63, 3.8) is 0 Å². The number of fused-ring (bicyclic) bond motifs is 1. The van der Waals surface area contributed by atoms with Gasteiger partial charge in [-0.3, -0.25) is 0 Å². The molecule has 0 saturated heterocycles. The lowest BCUT2D eigenvalue weighted by Gasteiger charge is -2.21. The van der Waals surface area contributed by atoms with Crippen LogP contribution < -0.4 is 5.73 Å². The number of aryl methyl sites for hydroxylation is 1. The topological polar surface area (TPSA) is 26.0 Å². The third kappa shape index (κ3) is 1.54. The monoisotopic (exact) mass is 225 g/mol. The largest absolute Gasteiger partial charge is 0.327 e. The zero-order chi connectivity index (χ0) is 8.55. The highest BCUT2D eigenvalue weighted by atomic mass is 79.9. The number of benzene rings is 1. The highest BCUT2D eigenvalue weighted by molar-refractivity contribution is 9.10. The van der Waals surface area contributed by atoms with Crippen LogP contribution in [0, 0.1) is 0 Å². The van der Waals surface area contributed by atoms with Crippen LogP contribution in [0.2, 0.25) is 0 Å². The van der Waals surface area contributed by atoms with Gasteiger partial charge in [-0.25, -0.2) is 0 Å². The molecule has 0 heterocycles. The molecule has 0 saturated carbocycles. The first kappa shape index (κ1) is 8.27. The molecular weight excluding hydrogens is 214 g/mol. The van der Waals surface area contributed by atoms with Crippen LogP contribution in [-0.2, 0) is 12.8 Å². The Balaban J connectivity index is 2.37. The number of nitrogens with two attached hydrogens (primary N) is 1. The summed E-state index contributed by atoms with van der Waals surface area (Å²) in [4.78, 5) is 0. The Bertz CT molecular complexity index is 296. The van der Waals surface area contributed by atoms with Crippen molar-refractivity contribution < 1.29 is 0 Å². The summed E-state index contributed by atoms with van der Waals surface area (Å²) in [6.45, 7) is 0. The predicted octanol–water partition coefficient (Wildman–Crippen LogP) is 2.27. The van der Waals surface area contributed by atoms with E-state index < -0.39 is 0 Å². The Morgan fingerprint density at radius 2 is 2.17 bits per heavy atom. The van der Waals surface area contributed by atoms with Crippen molar-refractivity contribution in [2.45, 2.75) is 25.3 Å². The molecule has 2 heteroatoms. The average Bonchev–Trinajstić information content (AvgIpc) is 2.03. The minimum absolute atomic E-state index is 0.367. The van der Waals surface area contributed by atoms with E-state index in [2.05, 4.69) is 34.1 Å². The van der Waals surface area contributed by atoms with Crippen LogP contribution in [-0.4, -0.2) is 6.04 Å². The summed E-state index contributed by atoms with van der Waals surface area (Å²) in [5, 5.41) is 0. The van der Waals surface area contributed by atoms with E-state index in [1.165, 1.54) is 11.1 Å². The highest BCUT2D eigenvalue weighted by Crippen LogP contribution is 2.23. The van der Waals surface area contributed by atoms with Crippen molar-refractivity contribution in [2.75, 3.05) is 0 Å². The van der Waals surface area contributed by atoms with Gasteiger partial charge in [0.1, 0.15) is 0 Å². The summed E-state index contributed by atoms with van der Waals surface area (Å²) < 4.78 is 1.16. The van der Waals surface area contributed by atoms with Gasteiger partial charge in [0.25, 0.3) is 0 Å². The first-order chi connectivity index (χ1) is 5.75. The molecule has 1 atom stereocenters. The van der Waals surface area contributed by atoms with Gasteiger partial charge in [0, 0.05) is 10.5 Å². The van der Waals surface area contributed by atoms with Crippen LogP contribution in [0.3, 0.4) is 0 Å². The fraction of sp³-hybridized carbons (Fsp3) is 0.400. The Morgan fingerprint density at radius 3 is 3.00 bits per heavy atom. The van der Waals surface area contributed by atoms with Gasteiger partial charge in [-0.1, -0.05) is 22.0 Å². The maximum Gasteiger partial charge on any atom is 0.0178 e. The number of halogens is 1. The standard InChI is InChI=1S/C10H12BrN/c11-9-3-1-7-2-4-10(12)6-8(7)5-9/h1,3,5,10H,2,4,6,12H2/t10-/m1/s1. The second-order valence-corrected chi connectivity index (χ2v) is 4.33. The molecule has 0 spiro atoms. The Labute approximate surface area is 81.1 Å². The van der Waals surface area contributed by atoms with Gasteiger partial charge in [0.15, 0.2) is 0 Å². The molecule has 1 aliphatic carbocycles. The van der Waals surface area contributed by atoms with Crippen molar-refractivity contribution >= 4 is 15.9 Å². The Kier molecular flexibility index (Phi) is 2.20. The molecule has 0 amide bonds. The van der Waals surface area contributed by atoms with E-state index in [0.29, 0.717) is 6.04 Å². The fourth-order valence-corrected chi connectivity index (χ4v) is 2.16. The van der Waals surface area contributed by atoms with E-state index >= 15 is 0 Å². The molecule has 0 aromatic heterocycles. The molecule has 2 N–H and O–H groups in total. The SMILES string of the molecule is N[C@@H]1CCc2ccc(Br)cc2C1.